The summed E-state index contributed by atoms with van der Waals surface area (Å²) in [5.74, 6) is 0.555. The zero-order chi connectivity index (χ0) is 15.8. The second-order valence-corrected chi connectivity index (χ2v) is 8.13. The number of nitrogens with two attached hydrogens (primary N) is 2. The topological polar surface area (TPSA) is 52.0 Å². The van der Waals surface area contributed by atoms with Crippen molar-refractivity contribution in [2.45, 2.75) is 51.4 Å². The molecule has 0 amide bonds. The third-order valence-corrected chi connectivity index (χ3v) is 6.45. The van der Waals surface area contributed by atoms with Gasteiger partial charge in [0.2, 0.25) is 0 Å². The van der Waals surface area contributed by atoms with Crippen LogP contribution in [0.15, 0.2) is 24.3 Å². The number of rotatable bonds is 10. The smallest absolute Gasteiger partial charge is 0.0278 e. The lowest BCUT2D eigenvalue weighted by Gasteiger charge is -2.13. The Balaban J connectivity index is 2.16. The molecule has 122 valence electrons. The minimum absolute atomic E-state index is 0.555. The van der Waals surface area contributed by atoms with E-state index in [1.165, 1.54) is 45.2 Å². The molecule has 0 aromatic carbocycles. The number of thiophene rings is 2. The molecule has 0 saturated heterocycles. The molecule has 4 heteroatoms. The van der Waals surface area contributed by atoms with E-state index < -0.39 is 0 Å². The van der Waals surface area contributed by atoms with Crippen molar-refractivity contribution in [3.8, 4) is 0 Å². The standard InChI is InChI=1S/C18H28N2S2/c1-2-3-4-5-16(17-8-6-14(21-17)10-12-19)18-9-7-15(22-18)11-13-20/h6-9,16H,2-5,10-13,19-20H2,1H3. The van der Waals surface area contributed by atoms with Crippen molar-refractivity contribution < 1.29 is 0 Å². The summed E-state index contributed by atoms with van der Waals surface area (Å²) >= 11 is 3.89. The molecule has 0 fully saturated rings. The van der Waals surface area contributed by atoms with Crippen molar-refractivity contribution in [2.24, 2.45) is 11.5 Å². The molecule has 2 aromatic heterocycles. The van der Waals surface area contributed by atoms with Crippen LogP contribution in [0, 0.1) is 0 Å². The average molecular weight is 337 g/mol. The Morgan fingerprint density at radius 3 is 1.86 bits per heavy atom. The number of hydrogen-bond donors (Lipinski definition) is 2. The summed E-state index contributed by atoms with van der Waals surface area (Å²) in [7, 11) is 0. The predicted molar refractivity (Wildman–Crippen MR) is 100 cm³/mol. The maximum absolute atomic E-state index is 5.69. The zero-order valence-electron chi connectivity index (χ0n) is 13.5. The third-order valence-electron chi connectivity index (χ3n) is 3.93. The van der Waals surface area contributed by atoms with E-state index in [9.17, 15) is 0 Å². The van der Waals surface area contributed by atoms with Gasteiger partial charge in [0.25, 0.3) is 0 Å². The van der Waals surface area contributed by atoms with Crippen molar-refractivity contribution >= 4 is 22.7 Å². The first-order valence-corrected chi connectivity index (χ1v) is 9.99. The van der Waals surface area contributed by atoms with E-state index in [0.717, 1.165) is 25.9 Å². The second-order valence-electron chi connectivity index (χ2n) is 5.73. The van der Waals surface area contributed by atoms with Gasteiger partial charge in [0.1, 0.15) is 0 Å². The fraction of sp³-hybridized carbons (Fsp3) is 0.556. The highest BCUT2D eigenvalue weighted by molar-refractivity contribution is 7.13. The zero-order valence-corrected chi connectivity index (χ0v) is 15.1. The molecule has 0 radical (unpaired) electrons. The highest BCUT2D eigenvalue weighted by Gasteiger charge is 2.18. The second kappa shape index (κ2) is 9.46. The average Bonchev–Trinajstić information content (AvgIpc) is 3.15. The lowest BCUT2D eigenvalue weighted by molar-refractivity contribution is 0.629. The summed E-state index contributed by atoms with van der Waals surface area (Å²) in [4.78, 5) is 5.83. The summed E-state index contributed by atoms with van der Waals surface area (Å²) in [5.41, 5.74) is 11.4. The van der Waals surface area contributed by atoms with E-state index in [4.69, 9.17) is 11.5 Å². The summed E-state index contributed by atoms with van der Waals surface area (Å²) < 4.78 is 0. The van der Waals surface area contributed by atoms with Gasteiger partial charge in [0, 0.05) is 25.4 Å². The Bertz CT molecular complexity index is 501. The van der Waals surface area contributed by atoms with Crippen molar-refractivity contribution in [2.75, 3.05) is 13.1 Å². The van der Waals surface area contributed by atoms with Crippen LogP contribution >= 0.6 is 22.7 Å². The highest BCUT2D eigenvalue weighted by Crippen LogP contribution is 2.38. The normalized spacial score (nSPS) is 11.5. The summed E-state index contributed by atoms with van der Waals surface area (Å²) in [6.07, 6.45) is 7.13. The quantitative estimate of drug-likeness (QED) is 0.627. The molecule has 0 aliphatic carbocycles. The molecule has 0 unspecified atom stereocenters. The highest BCUT2D eigenvalue weighted by atomic mass is 32.1. The van der Waals surface area contributed by atoms with Gasteiger partial charge in [0.05, 0.1) is 0 Å². The lowest BCUT2D eigenvalue weighted by Crippen LogP contribution is -2.01. The van der Waals surface area contributed by atoms with Crippen LogP contribution in [0.3, 0.4) is 0 Å². The van der Waals surface area contributed by atoms with E-state index in [0.29, 0.717) is 5.92 Å². The van der Waals surface area contributed by atoms with Gasteiger partial charge in [-0.05, 0) is 56.6 Å². The Hall–Kier alpha value is -0.680. The van der Waals surface area contributed by atoms with Gasteiger partial charge in [0.15, 0.2) is 0 Å². The first-order valence-electron chi connectivity index (χ1n) is 8.35. The molecule has 2 nitrogen and oxygen atoms in total. The molecule has 22 heavy (non-hydrogen) atoms. The Kier molecular flexibility index (Phi) is 7.60. The van der Waals surface area contributed by atoms with Crippen LogP contribution in [0.25, 0.3) is 0 Å². The Morgan fingerprint density at radius 1 is 0.864 bits per heavy atom. The molecule has 4 N–H and O–H groups in total. The molecule has 2 aromatic rings. The van der Waals surface area contributed by atoms with E-state index in [1.807, 2.05) is 22.7 Å². The van der Waals surface area contributed by atoms with E-state index in [2.05, 4.69) is 31.2 Å². The minimum Gasteiger partial charge on any atom is -0.330 e. The Morgan fingerprint density at radius 2 is 1.41 bits per heavy atom. The van der Waals surface area contributed by atoms with E-state index in [-0.39, 0.29) is 0 Å². The fourth-order valence-corrected chi connectivity index (χ4v) is 5.18. The van der Waals surface area contributed by atoms with Crippen LogP contribution in [0.4, 0.5) is 0 Å². The third kappa shape index (κ3) is 4.92. The largest absolute Gasteiger partial charge is 0.330 e. The maximum Gasteiger partial charge on any atom is 0.0278 e. The molecule has 0 aliphatic heterocycles. The lowest BCUT2D eigenvalue weighted by atomic mass is 9.98. The van der Waals surface area contributed by atoms with Gasteiger partial charge in [-0.25, -0.2) is 0 Å². The van der Waals surface area contributed by atoms with E-state index >= 15 is 0 Å². The molecule has 0 aliphatic rings. The molecule has 2 heterocycles. The number of unbranched alkanes of at least 4 members (excludes halogenated alkanes) is 2. The molecule has 0 bridgehead atoms. The monoisotopic (exact) mass is 336 g/mol. The van der Waals surface area contributed by atoms with E-state index in [1.54, 1.807) is 0 Å². The van der Waals surface area contributed by atoms with Crippen molar-refractivity contribution in [1.82, 2.24) is 0 Å². The minimum atomic E-state index is 0.555. The molecule has 0 saturated carbocycles. The van der Waals surface area contributed by atoms with Crippen molar-refractivity contribution in [3.63, 3.8) is 0 Å². The summed E-state index contributed by atoms with van der Waals surface area (Å²) in [6, 6.07) is 9.14. The fourth-order valence-electron chi connectivity index (χ4n) is 2.74. The van der Waals surface area contributed by atoms with Crippen molar-refractivity contribution in [1.29, 1.82) is 0 Å². The SMILES string of the molecule is CCCCCC(c1ccc(CCN)s1)c1ccc(CCN)s1. The molecule has 0 atom stereocenters. The Labute approximate surface area is 142 Å². The molecular formula is C18H28N2S2. The van der Waals surface area contributed by atoms with Gasteiger partial charge < -0.3 is 11.5 Å². The molecular weight excluding hydrogens is 308 g/mol. The molecule has 0 spiro atoms. The van der Waals surface area contributed by atoms with Gasteiger partial charge in [-0.2, -0.15) is 0 Å². The van der Waals surface area contributed by atoms with Crippen LogP contribution in [-0.2, 0) is 12.8 Å². The number of hydrogen-bond acceptors (Lipinski definition) is 4. The van der Waals surface area contributed by atoms with Crippen LogP contribution in [0.5, 0.6) is 0 Å². The first kappa shape index (κ1) is 17.7. The maximum atomic E-state index is 5.69. The van der Waals surface area contributed by atoms with Crippen molar-refractivity contribution in [3.05, 3.63) is 43.8 Å². The predicted octanol–water partition coefficient (Wildman–Crippen LogP) is 4.52. The van der Waals surface area contributed by atoms with Gasteiger partial charge in [-0.1, -0.05) is 26.2 Å². The summed E-state index contributed by atoms with van der Waals surface area (Å²) in [6.45, 7) is 3.74. The first-order chi connectivity index (χ1) is 10.8. The summed E-state index contributed by atoms with van der Waals surface area (Å²) in [5, 5.41) is 0. The van der Waals surface area contributed by atoms with Crippen LogP contribution in [0.2, 0.25) is 0 Å². The van der Waals surface area contributed by atoms with Gasteiger partial charge >= 0.3 is 0 Å². The van der Waals surface area contributed by atoms with Gasteiger partial charge in [-0.15, -0.1) is 22.7 Å². The van der Waals surface area contributed by atoms with Gasteiger partial charge in [-0.3, -0.25) is 0 Å². The van der Waals surface area contributed by atoms with Crippen LogP contribution in [0.1, 0.15) is 58.0 Å². The van der Waals surface area contributed by atoms with Crippen LogP contribution in [-0.4, -0.2) is 13.1 Å². The molecule has 2 rings (SSSR count). The van der Waals surface area contributed by atoms with Crippen LogP contribution < -0.4 is 11.5 Å².